The SMILES string of the molecule is CCOC(=O)CNC(=O)C1CC(O)CN1S(=O)(=O)c1ccc(C)cc1. The Bertz CT molecular complexity index is 731. The van der Waals surface area contributed by atoms with Crippen LogP contribution in [-0.2, 0) is 24.3 Å². The van der Waals surface area contributed by atoms with Crippen LogP contribution >= 0.6 is 0 Å². The van der Waals surface area contributed by atoms with Crippen molar-refractivity contribution in [3.63, 3.8) is 0 Å². The highest BCUT2D eigenvalue weighted by Crippen LogP contribution is 2.26. The number of sulfonamides is 1. The summed E-state index contributed by atoms with van der Waals surface area (Å²) in [4.78, 5) is 23.7. The van der Waals surface area contributed by atoms with E-state index in [4.69, 9.17) is 4.74 Å². The van der Waals surface area contributed by atoms with Gasteiger partial charge < -0.3 is 15.2 Å². The average Bonchev–Trinajstić information content (AvgIpc) is 2.96. The smallest absolute Gasteiger partial charge is 0.325 e. The Balaban J connectivity index is 2.16. The molecule has 1 amide bonds. The van der Waals surface area contributed by atoms with Crippen LogP contribution in [0.5, 0.6) is 0 Å². The van der Waals surface area contributed by atoms with Gasteiger partial charge in [-0.2, -0.15) is 4.31 Å². The lowest BCUT2D eigenvalue weighted by Gasteiger charge is -2.23. The molecule has 0 spiro atoms. The number of carbonyl (C=O) groups is 2. The van der Waals surface area contributed by atoms with Crippen molar-refractivity contribution in [3.05, 3.63) is 29.8 Å². The van der Waals surface area contributed by atoms with Gasteiger partial charge >= 0.3 is 5.97 Å². The van der Waals surface area contributed by atoms with E-state index < -0.39 is 34.0 Å². The fraction of sp³-hybridized carbons (Fsp3) is 0.500. The Morgan fingerprint density at radius 1 is 1.32 bits per heavy atom. The molecule has 0 aromatic heterocycles. The minimum absolute atomic E-state index is 0.0280. The number of hydrogen-bond donors (Lipinski definition) is 2. The molecule has 1 fully saturated rings. The number of ether oxygens (including phenoxy) is 1. The summed E-state index contributed by atoms with van der Waals surface area (Å²) in [5.74, 6) is -1.25. The number of nitrogens with one attached hydrogen (secondary N) is 1. The standard InChI is InChI=1S/C16H22N2O6S/c1-3-24-15(20)9-17-16(21)14-8-12(19)10-18(14)25(22,23)13-6-4-11(2)5-7-13/h4-7,12,14,19H,3,8-10H2,1-2H3,(H,17,21). The summed E-state index contributed by atoms with van der Waals surface area (Å²) < 4.78 is 31.3. The van der Waals surface area contributed by atoms with Crippen LogP contribution in [0.2, 0.25) is 0 Å². The number of β-amino-alcohol motifs (C(OH)–C–C–N with tert-alkyl or cyclic N) is 1. The highest BCUT2D eigenvalue weighted by Gasteiger charge is 2.43. The second kappa shape index (κ2) is 7.94. The molecule has 2 rings (SSSR count). The fourth-order valence-corrected chi connectivity index (χ4v) is 4.26. The van der Waals surface area contributed by atoms with Crippen LogP contribution in [0.3, 0.4) is 0 Å². The topological polar surface area (TPSA) is 113 Å². The van der Waals surface area contributed by atoms with Gasteiger partial charge in [0, 0.05) is 13.0 Å². The van der Waals surface area contributed by atoms with Gasteiger partial charge in [-0.3, -0.25) is 9.59 Å². The average molecular weight is 370 g/mol. The van der Waals surface area contributed by atoms with Gasteiger partial charge in [0.15, 0.2) is 0 Å². The third-order valence-electron chi connectivity index (χ3n) is 3.88. The van der Waals surface area contributed by atoms with E-state index >= 15 is 0 Å². The van der Waals surface area contributed by atoms with Crippen molar-refractivity contribution in [2.24, 2.45) is 0 Å². The first kappa shape index (κ1) is 19.4. The fourth-order valence-electron chi connectivity index (χ4n) is 2.62. The van der Waals surface area contributed by atoms with Gasteiger partial charge in [-0.1, -0.05) is 17.7 Å². The molecular formula is C16H22N2O6S. The molecular weight excluding hydrogens is 348 g/mol. The lowest BCUT2D eigenvalue weighted by molar-refractivity contribution is -0.143. The van der Waals surface area contributed by atoms with E-state index in [1.165, 1.54) is 12.1 Å². The van der Waals surface area contributed by atoms with Crippen LogP contribution in [0.1, 0.15) is 18.9 Å². The number of nitrogens with zero attached hydrogens (tertiary/aromatic N) is 1. The van der Waals surface area contributed by atoms with E-state index in [1.54, 1.807) is 19.1 Å². The van der Waals surface area contributed by atoms with Crippen LogP contribution in [0.25, 0.3) is 0 Å². The zero-order valence-corrected chi connectivity index (χ0v) is 15.0. The molecule has 1 aliphatic heterocycles. The summed E-state index contributed by atoms with van der Waals surface area (Å²) in [5.41, 5.74) is 0.907. The molecule has 1 aliphatic rings. The van der Waals surface area contributed by atoms with Crippen LogP contribution < -0.4 is 5.32 Å². The first-order valence-electron chi connectivity index (χ1n) is 7.95. The minimum atomic E-state index is -3.94. The monoisotopic (exact) mass is 370 g/mol. The van der Waals surface area contributed by atoms with E-state index in [1.807, 2.05) is 6.92 Å². The molecule has 2 unspecified atom stereocenters. The maximum Gasteiger partial charge on any atom is 0.325 e. The number of benzene rings is 1. The van der Waals surface area contributed by atoms with Gasteiger partial charge in [-0.05, 0) is 26.0 Å². The molecule has 9 heteroatoms. The van der Waals surface area contributed by atoms with Crippen LogP contribution in [0.15, 0.2) is 29.2 Å². The molecule has 0 aliphatic carbocycles. The van der Waals surface area contributed by atoms with Crippen LogP contribution in [-0.4, -0.2) is 61.5 Å². The van der Waals surface area contributed by atoms with E-state index in [9.17, 15) is 23.1 Å². The molecule has 0 radical (unpaired) electrons. The molecule has 0 bridgehead atoms. The third kappa shape index (κ3) is 4.56. The number of esters is 1. The van der Waals surface area contributed by atoms with Crippen molar-refractivity contribution in [1.29, 1.82) is 0 Å². The second-order valence-corrected chi connectivity index (χ2v) is 7.71. The van der Waals surface area contributed by atoms with Gasteiger partial charge in [0.1, 0.15) is 12.6 Å². The highest BCUT2D eigenvalue weighted by atomic mass is 32.2. The number of aliphatic hydroxyl groups is 1. The Hall–Kier alpha value is -1.97. The van der Waals surface area contributed by atoms with Crippen molar-refractivity contribution in [2.75, 3.05) is 19.7 Å². The van der Waals surface area contributed by atoms with Crippen LogP contribution in [0.4, 0.5) is 0 Å². The summed E-state index contributed by atoms with van der Waals surface area (Å²) in [5, 5.41) is 12.2. The number of rotatable bonds is 6. The Morgan fingerprint density at radius 2 is 1.96 bits per heavy atom. The molecule has 138 valence electrons. The number of aryl methyl sites for hydroxylation is 1. The molecule has 1 heterocycles. The molecule has 1 saturated heterocycles. The second-order valence-electron chi connectivity index (χ2n) is 5.82. The van der Waals surface area contributed by atoms with E-state index in [0.717, 1.165) is 9.87 Å². The first-order chi connectivity index (χ1) is 11.8. The Kier molecular flexibility index (Phi) is 6.15. The number of hydrogen-bond acceptors (Lipinski definition) is 6. The lowest BCUT2D eigenvalue weighted by Crippen LogP contribution is -2.47. The number of amides is 1. The summed E-state index contributed by atoms with van der Waals surface area (Å²) in [6.45, 7) is 3.14. The molecule has 1 aromatic carbocycles. The maximum atomic E-state index is 12.8. The predicted molar refractivity (Wildman–Crippen MR) is 89.1 cm³/mol. The first-order valence-corrected chi connectivity index (χ1v) is 9.39. The quantitative estimate of drug-likeness (QED) is 0.671. The van der Waals surface area contributed by atoms with E-state index in [-0.39, 0.29) is 31.0 Å². The van der Waals surface area contributed by atoms with Gasteiger partial charge in [-0.25, -0.2) is 8.42 Å². The van der Waals surface area contributed by atoms with Gasteiger partial charge in [0.25, 0.3) is 0 Å². The summed E-state index contributed by atoms with van der Waals surface area (Å²) in [7, 11) is -3.94. The largest absolute Gasteiger partial charge is 0.465 e. The summed E-state index contributed by atoms with van der Waals surface area (Å²) >= 11 is 0. The van der Waals surface area contributed by atoms with Crippen molar-refractivity contribution < 1.29 is 27.9 Å². The summed E-state index contributed by atoms with van der Waals surface area (Å²) in [6.07, 6.45) is -0.974. The number of carbonyl (C=O) groups excluding carboxylic acids is 2. The molecule has 0 saturated carbocycles. The van der Waals surface area contributed by atoms with Crippen molar-refractivity contribution in [1.82, 2.24) is 9.62 Å². The Labute approximate surface area is 146 Å². The highest BCUT2D eigenvalue weighted by molar-refractivity contribution is 7.89. The maximum absolute atomic E-state index is 12.8. The summed E-state index contributed by atoms with van der Waals surface area (Å²) in [6, 6.07) is 5.17. The molecule has 25 heavy (non-hydrogen) atoms. The zero-order valence-electron chi connectivity index (χ0n) is 14.1. The molecule has 2 N–H and O–H groups in total. The number of aliphatic hydroxyl groups excluding tert-OH is 1. The predicted octanol–water partition coefficient (Wildman–Crippen LogP) is -0.202. The van der Waals surface area contributed by atoms with Crippen molar-refractivity contribution in [3.8, 4) is 0 Å². The Morgan fingerprint density at radius 3 is 2.56 bits per heavy atom. The molecule has 8 nitrogen and oxygen atoms in total. The van der Waals surface area contributed by atoms with Gasteiger partial charge in [0.2, 0.25) is 15.9 Å². The third-order valence-corrected chi connectivity index (χ3v) is 5.77. The van der Waals surface area contributed by atoms with Crippen LogP contribution in [0, 0.1) is 6.92 Å². The normalized spacial score (nSPS) is 21.1. The minimum Gasteiger partial charge on any atom is -0.465 e. The zero-order chi connectivity index (χ0) is 18.6. The molecule has 2 atom stereocenters. The van der Waals surface area contributed by atoms with Crippen molar-refractivity contribution >= 4 is 21.9 Å². The lowest BCUT2D eigenvalue weighted by atomic mass is 10.2. The van der Waals surface area contributed by atoms with Gasteiger partial charge in [0.05, 0.1) is 17.6 Å². The molecule has 1 aromatic rings. The van der Waals surface area contributed by atoms with E-state index in [0.29, 0.717) is 0 Å². The van der Waals surface area contributed by atoms with Gasteiger partial charge in [-0.15, -0.1) is 0 Å². The van der Waals surface area contributed by atoms with Crippen molar-refractivity contribution in [2.45, 2.75) is 37.3 Å². The van der Waals surface area contributed by atoms with E-state index in [2.05, 4.69) is 5.32 Å².